The fourth-order valence-corrected chi connectivity index (χ4v) is 2.55. The molecule has 0 saturated carbocycles. The summed E-state index contributed by atoms with van der Waals surface area (Å²) in [5.41, 5.74) is 0. The lowest BCUT2D eigenvalue weighted by Gasteiger charge is -2.34. The van der Waals surface area contributed by atoms with Crippen molar-refractivity contribution in [2.75, 3.05) is 13.2 Å². The average Bonchev–Trinajstić information content (AvgIpc) is 2.36. The summed E-state index contributed by atoms with van der Waals surface area (Å²) in [6, 6.07) is 0. The minimum absolute atomic E-state index is 0.0537. The van der Waals surface area contributed by atoms with E-state index < -0.39 is 0 Å². The predicted octanol–water partition coefficient (Wildman–Crippen LogP) is 2.96. The van der Waals surface area contributed by atoms with Crippen LogP contribution >= 0.6 is 0 Å². The lowest BCUT2D eigenvalue weighted by molar-refractivity contribution is -0.210. The first kappa shape index (κ1) is 14.9. The van der Waals surface area contributed by atoms with E-state index in [0.29, 0.717) is 5.92 Å². The first-order valence-electron chi connectivity index (χ1n) is 7.07. The molecule has 3 nitrogen and oxygen atoms in total. The van der Waals surface area contributed by atoms with Crippen molar-refractivity contribution in [1.29, 1.82) is 0 Å². The molecule has 1 fully saturated rings. The highest BCUT2D eigenvalue weighted by molar-refractivity contribution is 4.73. The Morgan fingerprint density at radius 1 is 1.29 bits per heavy atom. The molecule has 0 aliphatic carbocycles. The Labute approximate surface area is 105 Å². The van der Waals surface area contributed by atoms with E-state index in [1.54, 1.807) is 0 Å². The van der Waals surface area contributed by atoms with Gasteiger partial charge in [0.15, 0.2) is 6.29 Å². The lowest BCUT2D eigenvalue weighted by atomic mass is 9.90. The molecule has 1 heterocycles. The Hall–Kier alpha value is -0.120. The minimum Gasteiger partial charge on any atom is -0.396 e. The van der Waals surface area contributed by atoms with Crippen LogP contribution < -0.4 is 0 Å². The summed E-state index contributed by atoms with van der Waals surface area (Å²) in [6.07, 6.45) is 5.68. The van der Waals surface area contributed by atoms with Gasteiger partial charge < -0.3 is 14.6 Å². The maximum atomic E-state index is 9.33. The van der Waals surface area contributed by atoms with E-state index in [1.165, 1.54) is 6.42 Å². The normalized spacial score (nSPS) is 26.5. The second-order valence-corrected chi connectivity index (χ2v) is 5.32. The topological polar surface area (TPSA) is 38.7 Å². The molecule has 4 atom stereocenters. The molecule has 1 rings (SSSR count). The summed E-state index contributed by atoms with van der Waals surface area (Å²) in [6.45, 7) is 7.45. The Morgan fingerprint density at radius 3 is 2.59 bits per heavy atom. The summed E-state index contributed by atoms with van der Waals surface area (Å²) < 4.78 is 11.7. The van der Waals surface area contributed by atoms with Crippen LogP contribution in [0.1, 0.15) is 52.9 Å². The second kappa shape index (κ2) is 8.06. The molecule has 0 aromatic heterocycles. The number of rotatable bonds is 7. The number of aliphatic hydroxyl groups is 1. The minimum atomic E-state index is -0.0537. The molecule has 0 radical (unpaired) electrons. The zero-order valence-electron chi connectivity index (χ0n) is 11.5. The molecular weight excluding hydrogens is 216 g/mol. The molecule has 1 unspecified atom stereocenters. The number of hydrogen-bond acceptors (Lipinski definition) is 3. The third-order valence-electron chi connectivity index (χ3n) is 3.60. The summed E-state index contributed by atoms with van der Waals surface area (Å²) in [5, 5.41) is 9.33. The average molecular weight is 244 g/mol. The highest BCUT2D eigenvalue weighted by Crippen LogP contribution is 2.25. The van der Waals surface area contributed by atoms with Gasteiger partial charge in [-0.1, -0.05) is 27.2 Å². The van der Waals surface area contributed by atoms with Crippen LogP contribution in [0.3, 0.4) is 0 Å². The van der Waals surface area contributed by atoms with Crippen LogP contribution in [0.25, 0.3) is 0 Å². The SMILES string of the molecule is CCC[C@H](C)[C@@H](OC1CCCCO1)[C@@H](C)CO. The first-order chi connectivity index (χ1) is 8.19. The molecule has 1 N–H and O–H groups in total. The smallest absolute Gasteiger partial charge is 0.157 e. The molecule has 1 aliphatic heterocycles. The molecule has 0 spiro atoms. The van der Waals surface area contributed by atoms with Crippen LogP contribution in [0, 0.1) is 11.8 Å². The highest BCUT2D eigenvalue weighted by Gasteiger charge is 2.28. The molecule has 1 saturated heterocycles. The Kier molecular flexibility index (Phi) is 7.09. The van der Waals surface area contributed by atoms with Crippen molar-refractivity contribution in [1.82, 2.24) is 0 Å². The molecular formula is C14H28O3. The van der Waals surface area contributed by atoms with Gasteiger partial charge in [0.05, 0.1) is 6.10 Å². The van der Waals surface area contributed by atoms with E-state index in [4.69, 9.17) is 9.47 Å². The van der Waals surface area contributed by atoms with Gasteiger partial charge in [-0.2, -0.15) is 0 Å². The molecule has 3 heteroatoms. The van der Waals surface area contributed by atoms with Crippen molar-refractivity contribution in [3.63, 3.8) is 0 Å². The molecule has 17 heavy (non-hydrogen) atoms. The monoisotopic (exact) mass is 244 g/mol. The standard InChI is InChI=1S/C14H28O3/c1-4-7-11(2)14(12(3)10-15)17-13-8-5-6-9-16-13/h11-15H,4-10H2,1-3H3/t11-,12-,13?,14+/m0/s1. The van der Waals surface area contributed by atoms with Gasteiger partial charge in [0.2, 0.25) is 0 Å². The zero-order chi connectivity index (χ0) is 12.7. The highest BCUT2D eigenvalue weighted by atomic mass is 16.7. The predicted molar refractivity (Wildman–Crippen MR) is 68.8 cm³/mol. The number of hydrogen-bond donors (Lipinski definition) is 1. The van der Waals surface area contributed by atoms with Gasteiger partial charge in [0.25, 0.3) is 0 Å². The number of aliphatic hydroxyl groups excluding tert-OH is 1. The Balaban J connectivity index is 2.49. The van der Waals surface area contributed by atoms with Gasteiger partial charge in [0.1, 0.15) is 0 Å². The molecule has 0 amide bonds. The third kappa shape index (κ3) is 4.94. The molecule has 0 aromatic rings. The van der Waals surface area contributed by atoms with Gasteiger partial charge in [-0.3, -0.25) is 0 Å². The Bertz CT molecular complexity index is 190. The second-order valence-electron chi connectivity index (χ2n) is 5.32. The molecule has 0 aromatic carbocycles. The zero-order valence-corrected chi connectivity index (χ0v) is 11.5. The van der Waals surface area contributed by atoms with Crippen LogP contribution in [0.15, 0.2) is 0 Å². The summed E-state index contributed by atoms with van der Waals surface area (Å²) in [7, 11) is 0. The molecule has 0 bridgehead atoms. The largest absolute Gasteiger partial charge is 0.396 e. The maximum absolute atomic E-state index is 9.33. The van der Waals surface area contributed by atoms with Gasteiger partial charge >= 0.3 is 0 Å². The third-order valence-corrected chi connectivity index (χ3v) is 3.60. The maximum Gasteiger partial charge on any atom is 0.157 e. The van der Waals surface area contributed by atoms with Crippen molar-refractivity contribution in [3.05, 3.63) is 0 Å². The Morgan fingerprint density at radius 2 is 2.06 bits per heavy atom. The van der Waals surface area contributed by atoms with Crippen molar-refractivity contribution >= 4 is 0 Å². The van der Waals surface area contributed by atoms with E-state index >= 15 is 0 Å². The van der Waals surface area contributed by atoms with E-state index in [9.17, 15) is 5.11 Å². The van der Waals surface area contributed by atoms with Crippen molar-refractivity contribution in [3.8, 4) is 0 Å². The van der Waals surface area contributed by atoms with Crippen molar-refractivity contribution in [2.45, 2.75) is 65.3 Å². The van der Waals surface area contributed by atoms with Gasteiger partial charge in [-0.15, -0.1) is 0 Å². The summed E-state index contributed by atoms with van der Waals surface area (Å²) in [5.74, 6) is 0.662. The first-order valence-corrected chi connectivity index (χ1v) is 7.07. The molecule has 1 aliphatic rings. The van der Waals surface area contributed by atoms with E-state index in [2.05, 4.69) is 20.8 Å². The van der Waals surface area contributed by atoms with E-state index in [1.807, 2.05) is 0 Å². The lowest BCUT2D eigenvalue weighted by Crippen LogP contribution is -2.37. The van der Waals surface area contributed by atoms with Crippen LogP contribution in [-0.4, -0.2) is 30.7 Å². The van der Waals surface area contributed by atoms with Crippen LogP contribution in [0.5, 0.6) is 0 Å². The van der Waals surface area contributed by atoms with Crippen LogP contribution in [0.4, 0.5) is 0 Å². The van der Waals surface area contributed by atoms with E-state index in [-0.39, 0.29) is 24.9 Å². The van der Waals surface area contributed by atoms with Crippen LogP contribution in [0.2, 0.25) is 0 Å². The van der Waals surface area contributed by atoms with Crippen molar-refractivity contribution in [2.24, 2.45) is 11.8 Å². The van der Waals surface area contributed by atoms with Crippen molar-refractivity contribution < 1.29 is 14.6 Å². The van der Waals surface area contributed by atoms with Gasteiger partial charge in [-0.05, 0) is 31.6 Å². The summed E-state index contributed by atoms with van der Waals surface area (Å²) >= 11 is 0. The fraction of sp³-hybridized carbons (Fsp3) is 1.00. The van der Waals surface area contributed by atoms with Crippen LogP contribution in [-0.2, 0) is 9.47 Å². The number of ether oxygens (including phenoxy) is 2. The van der Waals surface area contributed by atoms with Gasteiger partial charge in [0, 0.05) is 19.1 Å². The fourth-order valence-electron chi connectivity index (χ4n) is 2.55. The van der Waals surface area contributed by atoms with Gasteiger partial charge in [-0.25, -0.2) is 0 Å². The quantitative estimate of drug-likeness (QED) is 0.748. The molecule has 102 valence electrons. The summed E-state index contributed by atoms with van der Waals surface area (Å²) in [4.78, 5) is 0. The van der Waals surface area contributed by atoms with E-state index in [0.717, 1.165) is 32.3 Å².